The van der Waals surface area contributed by atoms with Crippen molar-refractivity contribution >= 4 is 68.0 Å². The maximum absolute atomic E-state index is 14.8. The van der Waals surface area contributed by atoms with E-state index in [1.807, 2.05) is 0 Å². The Kier molecular flexibility index (Phi) is 12.8. The molecule has 0 bridgehead atoms. The molecule has 6 rings (SSSR count). The molecule has 0 aromatic carbocycles. The second-order valence-electron chi connectivity index (χ2n) is 13.2. The Bertz CT molecular complexity index is 2600. The zero-order valence-electron chi connectivity index (χ0n) is 30.7. The highest BCUT2D eigenvalue weighted by molar-refractivity contribution is 7.29. The van der Waals surface area contributed by atoms with Crippen molar-refractivity contribution in [3.63, 3.8) is 0 Å². The number of aromatic nitrogens is 4. The summed E-state index contributed by atoms with van der Waals surface area (Å²) in [6, 6.07) is 1.11. The van der Waals surface area contributed by atoms with E-state index >= 15 is 0 Å². The molecular formula is C32H8F26N4S6. The maximum atomic E-state index is 14.8. The van der Waals surface area contributed by atoms with Gasteiger partial charge in [0.2, 0.25) is 0 Å². The van der Waals surface area contributed by atoms with Crippen LogP contribution in [0.3, 0.4) is 0 Å². The van der Waals surface area contributed by atoms with E-state index < -0.39 is 114 Å². The molecule has 374 valence electrons. The minimum absolute atomic E-state index is 0.00633. The van der Waals surface area contributed by atoms with Crippen LogP contribution in [0.5, 0.6) is 0 Å². The van der Waals surface area contributed by atoms with E-state index in [0.717, 1.165) is 35.1 Å². The number of nitrogens with zero attached hydrogens (tertiary/aromatic N) is 4. The average Bonchev–Trinajstić information content (AvgIpc) is 4.06. The summed E-state index contributed by atoms with van der Waals surface area (Å²) in [5.41, 5.74) is 0. The monoisotopic (exact) mass is 1130 g/mol. The number of thiazole rings is 4. The Labute approximate surface area is 380 Å². The van der Waals surface area contributed by atoms with Gasteiger partial charge in [0.1, 0.15) is 0 Å². The van der Waals surface area contributed by atoms with Gasteiger partial charge in [-0.2, -0.15) is 114 Å². The lowest BCUT2D eigenvalue weighted by atomic mass is 9.93. The van der Waals surface area contributed by atoms with Crippen molar-refractivity contribution in [2.45, 2.75) is 71.6 Å². The molecule has 0 amide bonds. The Morgan fingerprint density at radius 1 is 0.250 bits per heavy atom. The highest BCUT2D eigenvalue weighted by Gasteiger charge is 2.92. The second-order valence-corrected chi connectivity index (χ2v) is 19.5. The first-order valence-electron chi connectivity index (χ1n) is 16.5. The van der Waals surface area contributed by atoms with Crippen LogP contribution in [0.1, 0.15) is 9.75 Å². The summed E-state index contributed by atoms with van der Waals surface area (Å²) < 4.78 is 355. The smallest absolute Gasteiger partial charge is 0.241 e. The van der Waals surface area contributed by atoms with Crippen LogP contribution >= 0.6 is 68.0 Å². The molecule has 68 heavy (non-hydrogen) atoms. The normalized spacial score (nSPS) is 14.9. The third kappa shape index (κ3) is 7.83. The maximum Gasteiger partial charge on any atom is 0.460 e. The van der Waals surface area contributed by atoms with Gasteiger partial charge in [-0.05, 0) is 24.3 Å². The molecule has 4 nitrogen and oxygen atoms in total. The quantitative estimate of drug-likeness (QED) is 0.0962. The third-order valence-corrected chi connectivity index (χ3v) is 16.0. The van der Waals surface area contributed by atoms with Crippen molar-refractivity contribution in [2.24, 2.45) is 0 Å². The highest BCUT2D eigenvalue weighted by atomic mass is 32.1. The molecule has 6 heterocycles. The van der Waals surface area contributed by atoms with Gasteiger partial charge in [-0.25, -0.2) is 19.9 Å². The number of rotatable bonds is 15. The molecule has 6 aromatic heterocycles. The SMILES string of the molecule is FC(F)(F)C(F)(F)C(F)(F)C(F)(F)C(F)(F)C(F)(F)c1ccc(-c2cnc(-c3ncc(-c4cnc(-c5ncc(-c6ccc(C(F)(F)C(F)(F)C(F)(F)C(F)(F)C(F)(F)C(F)(F)F)s6)s5)s4)s3)s2)s1. The second kappa shape index (κ2) is 16.3. The molecule has 0 unspecified atom stereocenters. The lowest BCUT2D eigenvalue weighted by Crippen LogP contribution is -2.69. The van der Waals surface area contributed by atoms with Gasteiger partial charge in [-0.1, -0.05) is 0 Å². The number of hydrogen-bond acceptors (Lipinski definition) is 10. The van der Waals surface area contributed by atoms with E-state index in [1.54, 1.807) is 0 Å². The fourth-order valence-electron chi connectivity index (χ4n) is 5.07. The number of hydrogen-bond donors (Lipinski definition) is 0. The van der Waals surface area contributed by atoms with Gasteiger partial charge in [-0.15, -0.1) is 68.0 Å². The van der Waals surface area contributed by atoms with Gasteiger partial charge in [0.15, 0.2) is 20.0 Å². The van der Waals surface area contributed by atoms with Gasteiger partial charge in [0, 0.05) is 34.5 Å². The van der Waals surface area contributed by atoms with Crippen LogP contribution in [0.25, 0.3) is 49.3 Å². The first kappa shape index (κ1) is 53.5. The van der Waals surface area contributed by atoms with Crippen molar-refractivity contribution in [2.75, 3.05) is 0 Å². The molecule has 0 aliphatic carbocycles. The van der Waals surface area contributed by atoms with E-state index in [1.165, 1.54) is 12.4 Å². The molecule has 0 radical (unpaired) electrons. The fourth-order valence-corrected chi connectivity index (χ4v) is 11.0. The Morgan fingerprint density at radius 2 is 0.471 bits per heavy atom. The average molecular weight is 1130 g/mol. The van der Waals surface area contributed by atoms with Crippen LogP contribution in [0.4, 0.5) is 114 Å². The number of thiophene rings is 2. The first-order valence-corrected chi connectivity index (χ1v) is 21.4. The standard InChI is InChI=1S/C32H8F26N4S6/c33-21(34,23(37,38)25(41,42)27(45,46)29(49,50)31(53,54)55)15-3-1-9(63-15)11-5-59-17(65-11)19-61-7-13(67-19)14-8-62-20(68-14)18-60-6-12(66-18)10-2-4-16(64-10)22(35,36)24(39,40)26(43,44)28(47,48)30(51,52)32(56,57)58/h1-8H. The summed E-state index contributed by atoms with van der Waals surface area (Å²) >= 11 is 1.91. The van der Waals surface area contributed by atoms with Gasteiger partial charge in [0.25, 0.3) is 0 Å². The van der Waals surface area contributed by atoms with Gasteiger partial charge in [-0.3, -0.25) is 0 Å². The lowest BCUT2D eigenvalue weighted by Gasteiger charge is -2.39. The predicted molar refractivity (Wildman–Crippen MR) is 192 cm³/mol. The van der Waals surface area contributed by atoms with Crippen LogP contribution in [0, 0.1) is 0 Å². The Morgan fingerprint density at radius 3 is 0.706 bits per heavy atom. The van der Waals surface area contributed by atoms with Crippen molar-refractivity contribution in [1.29, 1.82) is 0 Å². The van der Waals surface area contributed by atoms with Crippen molar-refractivity contribution in [3.8, 4) is 49.3 Å². The number of halogens is 26. The molecule has 0 fully saturated rings. The summed E-state index contributed by atoms with van der Waals surface area (Å²) in [7, 11) is 0. The zero-order chi connectivity index (χ0) is 51.7. The predicted octanol–water partition coefficient (Wildman–Crippen LogP) is 16.4. The molecule has 0 saturated carbocycles. The molecule has 0 aliphatic rings. The molecule has 0 spiro atoms. The molecule has 6 aromatic rings. The van der Waals surface area contributed by atoms with Gasteiger partial charge >= 0.3 is 71.6 Å². The van der Waals surface area contributed by atoms with Crippen molar-refractivity contribution < 1.29 is 114 Å². The van der Waals surface area contributed by atoms with Crippen LogP contribution in [0.2, 0.25) is 0 Å². The lowest BCUT2D eigenvalue weighted by molar-refractivity contribution is -0.441. The molecule has 0 aliphatic heterocycles. The zero-order valence-corrected chi connectivity index (χ0v) is 35.6. The van der Waals surface area contributed by atoms with Crippen LogP contribution in [-0.4, -0.2) is 79.7 Å². The minimum Gasteiger partial charge on any atom is -0.241 e. The molecule has 36 heteroatoms. The van der Waals surface area contributed by atoms with E-state index in [9.17, 15) is 114 Å². The van der Waals surface area contributed by atoms with Crippen molar-refractivity contribution in [1.82, 2.24) is 19.9 Å². The fraction of sp³-hybridized carbons (Fsp3) is 0.375. The summed E-state index contributed by atoms with van der Waals surface area (Å²) in [6.45, 7) is 0. The van der Waals surface area contributed by atoms with Gasteiger partial charge in [0.05, 0.1) is 29.3 Å². The number of alkyl halides is 26. The Balaban J connectivity index is 1.17. The summed E-state index contributed by atoms with van der Waals surface area (Å²) in [4.78, 5) is 10.9. The molecule has 0 saturated heterocycles. The van der Waals surface area contributed by atoms with Gasteiger partial charge < -0.3 is 0 Å². The van der Waals surface area contributed by atoms with Crippen molar-refractivity contribution in [3.05, 3.63) is 58.8 Å². The van der Waals surface area contributed by atoms with Crippen LogP contribution in [-0.2, 0) is 11.8 Å². The minimum atomic E-state index is -8.08. The largest absolute Gasteiger partial charge is 0.460 e. The molecule has 0 N–H and O–H groups in total. The highest BCUT2D eigenvalue weighted by Crippen LogP contribution is 2.65. The topological polar surface area (TPSA) is 51.6 Å². The van der Waals surface area contributed by atoms with E-state index in [-0.39, 0.29) is 51.7 Å². The van der Waals surface area contributed by atoms with Crippen LogP contribution in [0.15, 0.2) is 49.1 Å². The van der Waals surface area contributed by atoms with E-state index in [0.29, 0.717) is 34.8 Å². The molecular weight excluding hydrogens is 1130 g/mol. The first-order chi connectivity index (χ1) is 30.5. The third-order valence-electron chi connectivity index (χ3n) is 8.81. The Hall–Kier alpha value is -3.90. The summed E-state index contributed by atoms with van der Waals surface area (Å²) in [5, 5.41) is -0.0208. The van der Waals surface area contributed by atoms with Crippen LogP contribution < -0.4 is 0 Å². The summed E-state index contributed by atoms with van der Waals surface area (Å²) in [6.07, 6.45) is -10.9. The van der Waals surface area contributed by atoms with E-state index in [4.69, 9.17) is 0 Å². The van der Waals surface area contributed by atoms with E-state index in [2.05, 4.69) is 19.9 Å². The molecule has 0 atom stereocenters. The summed E-state index contributed by atoms with van der Waals surface area (Å²) in [5.74, 6) is -76.0.